The van der Waals surface area contributed by atoms with Crippen LogP contribution in [0.3, 0.4) is 0 Å². The number of fused-ring (bicyclic) bond motifs is 1. The fourth-order valence-corrected chi connectivity index (χ4v) is 2.33. The first-order valence-electron chi connectivity index (χ1n) is 7.05. The van der Waals surface area contributed by atoms with Crippen molar-refractivity contribution in [2.45, 2.75) is 26.8 Å². The minimum absolute atomic E-state index is 0.132. The Hall–Kier alpha value is -2.70. The third-order valence-corrected chi connectivity index (χ3v) is 3.52. The summed E-state index contributed by atoms with van der Waals surface area (Å²) in [6, 6.07) is 6.18. The number of hydrogen-bond donors (Lipinski definition) is 2. The first kappa shape index (κ1) is 14.2. The van der Waals surface area contributed by atoms with Gasteiger partial charge in [-0.25, -0.2) is 9.37 Å². The predicted octanol–water partition coefficient (Wildman–Crippen LogP) is 2.04. The predicted molar refractivity (Wildman–Crippen MR) is 81.4 cm³/mol. The fraction of sp³-hybridized carbons (Fsp3) is 0.267. The number of halogens is 1. The topological polar surface area (TPSA) is 75.1 Å². The number of hydrogen-bond acceptors (Lipinski definition) is 4. The first-order chi connectivity index (χ1) is 10.6. The van der Waals surface area contributed by atoms with Gasteiger partial charge in [-0.15, -0.1) is 0 Å². The van der Waals surface area contributed by atoms with E-state index in [1.165, 1.54) is 16.6 Å². The molecule has 0 unspecified atom stereocenters. The Morgan fingerprint density at radius 2 is 2.00 bits per heavy atom. The molecule has 114 valence electrons. The zero-order valence-electron chi connectivity index (χ0n) is 12.4. The summed E-state index contributed by atoms with van der Waals surface area (Å²) in [7, 11) is 0. The standard InChI is InChI=1S/C15H16FN5O/c1-3-12-9(2)18-15-19-14(20-21(15)13(12)22)17-8-10-4-6-11(16)7-5-10/h4-7H,3,8H2,1-2H3,(H2,17,18,19,20). The van der Waals surface area contributed by atoms with Gasteiger partial charge in [0.2, 0.25) is 5.95 Å². The summed E-state index contributed by atoms with van der Waals surface area (Å²) in [5.41, 5.74) is 2.15. The highest BCUT2D eigenvalue weighted by Gasteiger charge is 2.11. The second kappa shape index (κ2) is 5.59. The highest BCUT2D eigenvalue weighted by Crippen LogP contribution is 2.08. The van der Waals surface area contributed by atoms with Crippen LogP contribution in [0.25, 0.3) is 5.78 Å². The van der Waals surface area contributed by atoms with Crippen molar-refractivity contribution < 1.29 is 4.39 Å². The molecular formula is C15H16FN5O. The third-order valence-electron chi connectivity index (χ3n) is 3.52. The van der Waals surface area contributed by atoms with Crippen LogP contribution in [-0.4, -0.2) is 19.6 Å². The Morgan fingerprint density at radius 3 is 2.68 bits per heavy atom. The van der Waals surface area contributed by atoms with Gasteiger partial charge in [-0.3, -0.25) is 9.89 Å². The van der Waals surface area contributed by atoms with Crippen LogP contribution >= 0.6 is 0 Å². The molecule has 0 spiro atoms. The van der Waals surface area contributed by atoms with Gasteiger partial charge in [0.1, 0.15) is 5.82 Å². The normalized spacial score (nSPS) is 11.0. The quantitative estimate of drug-likeness (QED) is 0.773. The lowest BCUT2D eigenvalue weighted by Gasteiger charge is -2.02. The van der Waals surface area contributed by atoms with E-state index in [4.69, 9.17) is 0 Å². The van der Waals surface area contributed by atoms with E-state index < -0.39 is 0 Å². The van der Waals surface area contributed by atoms with Crippen molar-refractivity contribution >= 4 is 11.7 Å². The largest absolute Gasteiger partial charge is 0.351 e. The molecule has 1 aromatic carbocycles. The van der Waals surface area contributed by atoms with E-state index in [-0.39, 0.29) is 11.4 Å². The van der Waals surface area contributed by atoms with Crippen molar-refractivity contribution in [3.63, 3.8) is 0 Å². The molecule has 7 heteroatoms. The van der Waals surface area contributed by atoms with E-state index in [1.807, 2.05) is 6.92 Å². The summed E-state index contributed by atoms with van der Waals surface area (Å²) in [5, 5.41) is 5.96. The van der Waals surface area contributed by atoms with Crippen LogP contribution in [-0.2, 0) is 13.0 Å². The number of rotatable bonds is 4. The summed E-state index contributed by atoms with van der Waals surface area (Å²) < 4.78 is 14.2. The number of nitrogens with one attached hydrogen (secondary N) is 2. The van der Waals surface area contributed by atoms with Crippen molar-refractivity contribution in [1.82, 2.24) is 19.6 Å². The van der Waals surface area contributed by atoms with Gasteiger partial charge in [0, 0.05) is 12.1 Å². The van der Waals surface area contributed by atoms with Crippen molar-refractivity contribution in [2.24, 2.45) is 0 Å². The van der Waals surface area contributed by atoms with Crippen molar-refractivity contribution in [3.05, 3.63) is 57.3 Å². The van der Waals surface area contributed by atoms with Crippen LogP contribution in [0.5, 0.6) is 0 Å². The Morgan fingerprint density at radius 1 is 1.27 bits per heavy atom. The molecule has 0 aliphatic heterocycles. The van der Waals surface area contributed by atoms with Gasteiger partial charge in [0.15, 0.2) is 0 Å². The molecule has 0 aliphatic carbocycles. The summed E-state index contributed by atoms with van der Waals surface area (Å²) in [6.45, 7) is 4.19. The van der Waals surface area contributed by atoms with Gasteiger partial charge in [-0.1, -0.05) is 19.1 Å². The minimum atomic E-state index is -0.272. The molecule has 22 heavy (non-hydrogen) atoms. The van der Waals surface area contributed by atoms with E-state index in [0.29, 0.717) is 35.9 Å². The van der Waals surface area contributed by atoms with E-state index in [1.54, 1.807) is 19.1 Å². The summed E-state index contributed by atoms with van der Waals surface area (Å²) in [5.74, 6) is 0.508. The molecule has 0 aliphatic rings. The van der Waals surface area contributed by atoms with Crippen LogP contribution in [0.2, 0.25) is 0 Å². The number of anilines is 1. The molecule has 0 bridgehead atoms. The Kier molecular flexibility index (Phi) is 3.62. The number of aromatic amines is 1. The molecule has 6 nitrogen and oxygen atoms in total. The van der Waals surface area contributed by atoms with Crippen molar-refractivity contribution in [3.8, 4) is 0 Å². The maximum Gasteiger partial charge on any atom is 0.277 e. The molecule has 0 radical (unpaired) electrons. The van der Waals surface area contributed by atoms with E-state index in [2.05, 4.69) is 20.4 Å². The summed E-state index contributed by atoms with van der Waals surface area (Å²) in [4.78, 5) is 20.9. The van der Waals surface area contributed by atoms with Crippen LogP contribution in [0.4, 0.5) is 10.3 Å². The van der Waals surface area contributed by atoms with Gasteiger partial charge in [0.05, 0.1) is 5.69 Å². The molecule has 3 aromatic rings. The fourth-order valence-electron chi connectivity index (χ4n) is 2.33. The Labute approximate surface area is 126 Å². The molecule has 2 heterocycles. The number of benzene rings is 1. The van der Waals surface area contributed by atoms with Crippen molar-refractivity contribution in [1.29, 1.82) is 0 Å². The van der Waals surface area contributed by atoms with Gasteiger partial charge >= 0.3 is 0 Å². The van der Waals surface area contributed by atoms with E-state index in [9.17, 15) is 9.18 Å². The molecule has 0 fully saturated rings. The first-order valence-corrected chi connectivity index (χ1v) is 7.05. The maximum atomic E-state index is 12.9. The smallest absolute Gasteiger partial charge is 0.277 e. The molecule has 0 atom stereocenters. The lowest BCUT2D eigenvalue weighted by molar-refractivity contribution is 0.627. The highest BCUT2D eigenvalue weighted by atomic mass is 19.1. The number of aromatic nitrogens is 4. The summed E-state index contributed by atoms with van der Waals surface area (Å²) >= 11 is 0. The second-order valence-corrected chi connectivity index (χ2v) is 5.02. The lowest BCUT2D eigenvalue weighted by Crippen LogP contribution is -2.21. The zero-order valence-corrected chi connectivity index (χ0v) is 12.4. The minimum Gasteiger partial charge on any atom is -0.351 e. The monoisotopic (exact) mass is 301 g/mol. The molecule has 0 amide bonds. The van der Waals surface area contributed by atoms with E-state index >= 15 is 0 Å². The molecule has 0 saturated heterocycles. The molecule has 2 aromatic heterocycles. The molecule has 2 N–H and O–H groups in total. The molecular weight excluding hydrogens is 285 g/mol. The van der Waals surface area contributed by atoms with E-state index in [0.717, 1.165) is 5.56 Å². The second-order valence-electron chi connectivity index (χ2n) is 5.02. The average molecular weight is 301 g/mol. The van der Waals surface area contributed by atoms with Gasteiger partial charge in [-0.05, 0) is 31.0 Å². The highest BCUT2D eigenvalue weighted by molar-refractivity contribution is 5.39. The van der Waals surface area contributed by atoms with Crippen molar-refractivity contribution in [2.75, 3.05) is 5.32 Å². The average Bonchev–Trinajstić information content (AvgIpc) is 2.90. The Bertz CT molecular complexity index is 866. The maximum absolute atomic E-state index is 12.9. The number of aryl methyl sites for hydroxylation is 1. The number of nitrogens with zero attached hydrogens (tertiary/aromatic N) is 3. The molecule has 3 rings (SSSR count). The van der Waals surface area contributed by atoms with Gasteiger partial charge < -0.3 is 5.32 Å². The van der Waals surface area contributed by atoms with Crippen LogP contribution in [0, 0.1) is 12.7 Å². The zero-order chi connectivity index (χ0) is 15.7. The SMILES string of the molecule is CCc1c(C)nc2nc(NCc3ccc(F)cc3)[nH]n2c1=O. The van der Waals surface area contributed by atoms with Crippen LogP contribution in [0.15, 0.2) is 29.1 Å². The van der Waals surface area contributed by atoms with Gasteiger partial charge in [-0.2, -0.15) is 9.50 Å². The van der Waals surface area contributed by atoms with Gasteiger partial charge in [0.25, 0.3) is 11.3 Å². The Balaban J connectivity index is 1.87. The molecule has 0 saturated carbocycles. The summed E-state index contributed by atoms with van der Waals surface area (Å²) in [6.07, 6.45) is 0.623. The number of H-pyrrole nitrogens is 1. The van der Waals surface area contributed by atoms with Crippen LogP contribution < -0.4 is 10.9 Å². The lowest BCUT2D eigenvalue weighted by atomic mass is 10.2. The van der Waals surface area contributed by atoms with Crippen LogP contribution in [0.1, 0.15) is 23.7 Å². The third kappa shape index (κ3) is 2.57.